The van der Waals surface area contributed by atoms with Gasteiger partial charge in [0.05, 0.1) is 0 Å². The lowest BCUT2D eigenvalue weighted by Gasteiger charge is -2.24. The van der Waals surface area contributed by atoms with Crippen molar-refractivity contribution in [2.75, 3.05) is 6.61 Å². The van der Waals surface area contributed by atoms with Crippen LogP contribution in [0.2, 0.25) is 0 Å². The Labute approximate surface area is 209 Å². The minimum Gasteiger partial charge on any atom is -0.458 e. The van der Waals surface area contributed by atoms with E-state index < -0.39 is 23.7 Å². The molecule has 4 aromatic rings. The maximum Gasteiger partial charge on any atom is 0.407 e. The van der Waals surface area contributed by atoms with E-state index in [1.54, 1.807) is 33.2 Å². The second kappa shape index (κ2) is 9.49. The number of benzene rings is 2. The molecule has 2 heterocycles. The number of carbonyl (C=O) groups excluding carboxylic acids is 2. The fourth-order valence-electron chi connectivity index (χ4n) is 4.75. The molecule has 0 saturated carbocycles. The van der Waals surface area contributed by atoms with Gasteiger partial charge in [-0.3, -0.25) is 0 Å². The smallest absolute Gasteiger partial charge is 0.407 e. The second-order valence-electron chi connectivity index (χ2n) is 9.97. The van der Waals surface area contributed by atoms with Crippen LogP contribution in [0.4, 0.5) is 4.79 Å². The number of pyridine rings is 1. The molecule has 0 unspecified atom stereocenters. The number of hydrogen-bond donors (Lipinski definition) is 2. The minimum absolute atomic E-state index is 0.0668. The van der Waals surface area contributed by atoms with Crippen LogP contribution in [0.1, 0.15) is 43.4 Å². The standard InChI is InChI=1S/C29H29N3O4/c1-29(2,3)36-27(33)25(15-18-16-31-26-19(18)13-8-14-30-26)32-28(34)35-17-24-22-11-6-4-9-20(22)21-10-5-7-12-23(21)24/h4-14,16,24-25H,15,17H2,1-3H3,(H,30,31)(H,32,34)/t25-/m0/s1. The first-order valence-electron chi connectivity index (χ1n) is 12.1. The van der Waals surface area contributed by atoms with Gasteiger partial charge in [-0.2, -0.15) is 0 Å². The summed E-state index contributed by atoms with van der Waals surface area (Å²) in [5, 5.41) is 3.63. The van der Waals surface area contributed by atoms with Crippen LogP contribution in [-0.4, -0.2) is 40.3 Å². The summed E-state index contributed by atoms with van der Waals surface area (Å²) in [4.78, 5) is 33.4. The third kappa shape index (κ3) is 4.82. The first-order chi connectivity index (χ1) is 17.3. The number of fused-ring (bicyclic) bond motifs is 4. The Kier molecular flexibility index (Phi) is 6.22. The highest BCUT2D eigenvalue weighted by atomic mass is 16.6. The number of ether oxygens (including phenoxy) is 2. The Morgan fingerprint density at radius 2 is 1.67 bits per heavy atom. The van der Waals surface area contributed by atoms with Crippen molar-refractivity contribution in [2.45, 2.75) is 44.8 Å². The van der Waals surface area contributed by atoms with Crippen molar-refractivity contribution in [2.24, 2.45) is 0 Å². The summed E-state index contributed by atoms with van der Waals surface area (Å²) in [5.74, 6) is -0.586. The minimum atomic E-state index is -0.918. The molecule has 7 nitrogen and oxygen atoms in total. The van der Waals surface area contributed by atoms with Gasteiger partial charge >= 0.3 is 12.1 Å². The molecule has 2 aromatic carbocycles. The number of H-pyrrole nitrogens is 1. The van der Waals surface area contributed by atoms with Crippen LogP contribution in [-0.2, 0) is 20.7 Å². The Morgan fingerprint density at radius 3 is 2.33 bits per heavy atom. The molecule has 0 bridgehead atoms. The fourth-order valence-corrected chi connectivity index (χ4v) is 4.75. The molecule has 36 heavy (non-hydrogen) atoms. The zero-order chi connectivity index (χ0) is 25.3. The predicted octanol–water partition coefficient (Wildman–Crippen LogP) is 5.35. The van der Waals surface area contributed by atoms with Gasteiger partial charge in [0.2, 0.25) is 0 Å². The quantitative estimate of drug-likeness (QED) is 0.361. The normalized spacial score (nSPS) is 13.6. The van der Waals surface area contributed by atoms with Gasteiger partial charge in [-0.05, 0) is 60.7 Å². The molecule has 0 spiro atoms. The molecule has 1 amide bonds. The van der Waals surface area contributed by atoms with Crippen molar-refractivity contribution >= 4 is 23.1 Å². The third-order valence-electron chi connectivity index (χ3n) is 6.29. The zero-order valence-corrected chi connectivity index (χ0v) is 20.6. The topological polar surface area (TPSA) is 93.3 Å². The number of rotatable bonds is 6. The Morgan fingerprint density at radius 1 is 1.00 bits per heavy atom. The predicted molar refractivity (Wildman–Crippen MR) is 138 cm³/mol. The fraction of sp³-hybridized carbons (Fsp3) is 0.276. The molecule has 2 N–H and O–H groups in total. The molecule has 1 aliphatic carbocycles. The summed E-state index contributed by atoms with van der Waals surface area (Å²) in [5.41, 5.74) is 5.44. The summed E-state index contributed by atoms with van der Waals surface area (Å²) in [7, 11) is 0. The maximum absolute atomic E-state index is 13.0. The van der Waals surface area contributed by atoms with E-state index in [1.807, 2.05) is 36.4 Å². The number of alkyl carbamates (subject to hydrolysis) is 1. The van der Waals surface area contributed by atoms with Crippen molar-refractivity contribution < 1.29 is 19.1 Å². The highest BCUT2D eigenvalue weighted by Gasteiger charge is 2.31. The number of carbonyl (C=O) groups is 2. The molecule has 0 radical (unpaired) electrons. The lowest BCUT2D eigenvalue weighted by Crippen LogP contribution is -2.45. The maximum atomic E-state index is 13.0. The van der Waals surface area contributed by atoms with Gasteiger partial charge < -0.3 is 19.8 Å². The van der Waals surface area contributed by atoms with Crippen LogP contribution in [0.25, 0.3) is 22.2 Å². The first kappa shape index (κ1) is 23.6. The van der Waals surface area contributed by atoms with E-state index in [2.05, 4.69) is 39.6 Å². The number of hydrogen-bond acceptors (Lipinski definition) is 5. The Balaban J connectivity index is 1.32. The van der Waals surface area contributed by atoms with Crippen molar-refractivity contribution in [1.29, 1.82) is 0 Å². The summed E-state index contributed by atoms with van der Waals surface area (Å²) in [6.07, 6.45) is 3.08. The highest BCUT2D eigenvalue weighted by molar-refractivity contribution is 5.85. The molecule has 0 fully saturated rings. The average Bonchev–Trinajstić information content (AvgIpc) is 3.40. The van der Waals surface area contributed by atoms with E-state index in [-0.39, 0.29) is 18.9 Å². The van der Waals surface area contributed by atoms with Crippen molar-refractivity contribution in [1.82, 2.24) is 15.3 Å². The number of aromatic amines is 1. The number of aromatic nitrogens is 2. The van der Waals surface area contributed by atoms with Gasteiger partial charge in [-0.1, -0.05) is 48.5 Å². The Bertz CT molecular complexity index is 1370. The molecule has 184 valence electrons. The summed E-state index contributed by atoms with van der Waals surface area (Å²) >= 11 is 0. The van der Waals surface area contributed by atoms with Crippen molar-refractivity contribution in [3.63, 3.8) is 0 Å². The molecular formula is C29H29N3O4. The molecule has 2 aromatic heterocycles. The number of amides is 1. The number of esters is 1. The molecular weight excluding hydrogens is 454 g/mol. The second-order valence-corrected chi connectivity index (χ2v) is 9.97. The van der Waals surface area contributed by atoms with E-state index in [1.165, 1.54) is 0 Å². The van der Waals surface area contributed by atoms with E-state index in [0.717, 1.165) is 38.9 Å². The first-order valence-corrected chi connectivity index (χ1v) is 12.1. The largest absolute Gasteiger partial charge is 0.458 e. The van der Waals surface area contributed by atoms with Gasteiger partial charge in [0.1, 0.15) is 23.9 Å². The van der Waals surface area contributed by atoms with Gasteiger partial charge in [0.15, 0.2) is 0 Å². The van der Waals surface area contributed by atoms with Crippen LogP contribution >= 0.6 is 0 Å². The highest BCUT2D eigenvalue weighted by Crippen LogP contribution is 2.44. The summed E-state index contributed by atoms with van der Waals surface area (Å²) < 4.78 is 11.3. The zero-order valence-electron chi connectivity index (χ0n) is 20.6. The van der Waals surface area contributed by atoms with Crippen LogP contribution in [0.15, 0.2) is 73.1 Å². The van der Waals surface area contributed by atoms with Crippen molar-refractivity contribution in [3.05, 3.63) is 89.7 Å². The van der Waals surface area contributed by atoms with Gasteiger partial charge in [-0.15, -0.1) is 0 Å². The van der Waals surface area contributed by atoms with E-state index in [0.29, 0.717) is 0 Å². The molecule has 7 heteroatoms. The monoisotopic (exact) mass is 483 g/mol. The van der Waals surface area contributed by atoms with E-state index >= 15 is 0 Å². The Hall–Kier alpha value is -4.13. The van der Waals surface area contributed by atoms with Gasteiger partial charge in [0.25, 0.3) is 0 Å². The lowest BCUT2D eigenvalue weighted by molar-refractivity contribution is -0.157. The molecule has 1 aliphatic rings. The van der Waals surface area contributed by atoms with Crippen LogP contribution in [0.5, 0.6) is 0 Å². The van der Waals surface area contributed by atoms with Gasteiger partial charge in [-0.25, -0.2) is 14.6 Å². The van der Waals surface area contributed by atoms with Crippen LogP contribution < -0.4 is 5.32 Å². The molecule has 0 saturated heterocycles. The summed E-state index contributed by atoms with van der Waals surface area (Å²) in [6, 6.07) is 19.2. The molecule has 1 atom stereocenters. The number of nitrogens with zero attached hydrogens (tertiary/aromatic N) is 1. The van der Waals surface area contributed by atoms with E-state index in [4.69, 9.17) is 9.47 Å². The van der Waals surface area contributed by atoms with Crippen LogP contribution in [0.3, 0.4) is 0 Å². The molecule has 0 aliphatic heterocycles. The molecule has 5 rings (SSSR count). The van der Waals surface area contributed by atoms with Crippen molar-refractivity contribution in [3.8, 4) is 11.1 Å². The average molecular weight is 484 g/mol. The van der Waals surface area contributed by atoms with Crippen LogP contribution in [0, 0.1) is 0 Å². The van der Waals surface area contributed by atoms with Gasteiger partial charge in [0, 0.05) is 30.1 Å². The third-order valence-corrected chi connectivity index (χ3v) is 6.29. The SMILES string of the molecule is CC(C)(C)OC(=O)[C@H](Cc1c[nH]c2ncccc12)NC(=O)OCC1c2ccccc2-c2ccccc21. The van der Waals surface area contributed by atoms with E-state index in [9.17, 15) is 9.59 Å². The lowest BCUT2D eigenvalue weighted by atomic mass is 9.98. The summed E-state index contributed by atoms with van der Waals surface area (Å²) in [6.45, 7) is 5.55. The number of nitrogens with one attached hydrogen (secondary N) is 2.